The van der Waals surface area contributed by atoms with Crippen molar-refractivity contribution < 1.29 is 4.79 Å². The minimum atomic E-state index is 0.177. The number of nitrogens with one attached hydrogen (secondary N) is 1. The lowest BCUT2D eigenvalue weighted by molar-refractivity contribution is -0.129. The van der Waals surface area contributed by atoms with Crippen LogP contribution >= 0.6 is 0 Å². The molecule has 1 heterocycles. The molecule has 0 bridgehead atoms. The molecule has 0 radical (unpaired) electrons. The van der Waals surface area contributed by atoms with Crippen LogP contribution in [0.1, 0.15) is 25.0 Å². The average Bonchev–Trinajstić information content (AvgIpc) is 2.81. The number of anilines is 1. The van der Waals surface area contributed by atoms with E-state index in [2.05, 4.69) is 35.5 Å². The molecule has 0 aliphatic carbocycles. The highest BCUT2D eigenvalue weighted by molar-refractivity contribution is 5.78. The molecule has 0 fully saturated rings. The first-order valence-corrected chi connectivity index (χ1v) is 7.47. The Morgan fingerprint density at radius 1 is 1.35 bits per heavy atom. The number of rotatable bonds is 6. The van der Waals surface area contributed by atoms with Crippen LogP contribution in [-0.2, 0) is 17.8 Å². The summed E-state index contributed by atoms with van der Waals surface area (Å²) in [5.41, 5.74) is 4.02. The van der Waals surface area contributed by atoms with Gasteiger partial charge in [-0.15, -0.1) is 0 Å². The highest BCUT2D eigenvalue weighted by atomic mass is 16.2. The number of amides is 1. The first-order chi connectivity index (χ1) is 9.65. The average molecular weight is 275 g/mol. The van der Waals surface area contributed by atoms with E-state index in [0.717, 1.165) is 32.6 Å². The van der Waals surface area contributed by atoms with Crippen LogP contribution < -0.4 is 10.2 Å². The van der Waals surface area contributed by atoms with Gasteiger partial charge in [0.15, 0.2) is 0 Å². The van der Waals surface area contributed by atoms with Crippen LogP contribution in [0, 0.1) is 0 Å². The summed E-state index contributed by atoms with van der Waals surface area (Å²) in [6.45, 7) is 7.86. The zero-order valence-corrected chi connectivity index (χ0v) is 12.8. The van der Waals surface area contributed by atoms with E-state index >= 15 is 0 Å². The number of fused-ring (bicyclic) bond motifs is 1. The molecule has 1 aliphatic heterocycles. The van der Waals surface area contributed by atoms with Gasteiger partial charge >= 0.3 is 0 Å². The fraction of sp³-hybridized carbons (Fsp3) is 0.562. The van der Waals surface area contributed by atoms with Crippen molar-refractivity contribution in [1.29, 1.82) is 0 Å². The zero-order chi connectivity index (χ0) is 14.5. The van der Waals surface area contributed by atoms with E-state index in [-0.39, 0.29) is 5.91 Å². The van der Waals surface area contributed by atoms with Crippen LogP contribution in [0.4, 0.5) is 5.69 Å². The lowest BCUT2D eigenvalue weighted by Gasteiger charge is -2.18. The standard InChI is InChI=1S/C16H25N3O/c1-4-19(5-2)16(20)12-17-11-13-6-7-15-14(10-13)8-9-18(15)3/h6-7,10,17H,4-5,8-9,11-12H2,1-3H3. The number of nitrogens with zero attached hydrogens (tertiary/aromatic N) is 2. The molecule has 0 atom stereocenters. The van der Waals surface area contributed by atoms with Gasteiger partial charge in [-0.05, 0) is 37.5 Å². The molecule has 0 spiro atoms. The lowest BCUT2D eigenvalue weighted by Crippen LogP contribution is -2.37. The fourth-order valence-electron chi connectivity index (χ4n) is 2.73. The number of benzene rings is 1. The molecule has 110 valence electrons. The smallest absolute Gasteiger partial charge is 0.236 e. The highest BCUT2D eigenvalue weighted by Gasteiger charge is 2.15. The maximum Gasteiger partial charge on any atom is 0.236 e. The molecule has 1 amide bonds. The monoisotopic (exact) mass is 275 g/mol. The SMILES string of the molecule is CCN(CC)C(=O)CNCc1ccc2c(c1)CCN2C. The summed E-state index contributed by atoms with van der Waals surface area (Å²) < 4.78 is 0. The summed E-state index contributed by atoms with van der Waals surface area (Å²) >= 11 is 0. The Kier molecular flexibility index (Phi) is 5.01. The largest absolute Gasteiger partial charge is 0.374 e. The first kappa shape index (κ1) is 14.9. The van der Waals surface area contributed by atoms with E-state index in [9.17, 15) is 4.79 Å². The maximum absolute atomic E-state index is 11.9. The van der Waals surface area contributed by atoms with Gasteiger partial charge < -0.3 is 15.1 Å². The molecular weight excluding hydrogens is 250 g/mol. The van der Waals surface area contributed by atoms with Crippen molar-refractivity contribution in [3.05, 3.63) is 29.3 Å². The molecule has 20 heavy (non-hydrogen) atoms. The van der Waals surface area contributed by atoms with Crippen molar-refractivity contribution in [3.63, 3.8) is 0 Å². The van der Waals surface area contributed by atoms with Crippen molar-refractivity contribution in [2.75, 3.05) is 38.1 Å². The van der Waals surface area contributed by atoms with Gasteiger partial charge in [0, 0.05) is 38.9 Å². The quantitative estimate of drug-likeness (QED) is 0.857. The Hall–Kier alpha value is -1.55. The topological polar surface area (TPSA) is 35.6 Å². The zero-order valence-electron chi connectivity index (χ0n) is 12.8. The van der Waals surface area contributed by atoms with Crippen LogP contribution in [0.25, 0.3) is 0 Å². The van der Waals surface area contributed by atoms with Crippen LogP contribution in [0.3, 0.4) is 0 Å². The number of likely N-dealkylation sites (N-methyl/N-ethyl adjacent to an activating group) is 2. The minimum Gasteiger partial charge on any atom is -0.374 e. The van der Waals surface area contributed by atoms with Crippen LogP contribution in [-0.4, -0.2) is 44.0 Å². The minimum absolute atomic E-state index is 0.177. The first-order valence-electron chi connectivity index (χ1n) is 7.47. The molecule has 0 aromatic heterocycles. The van der Waals surface area contributed by atoms with Gasteiger partial charge in [0.1, 0.15) is 0 Å². The predicted octanol–water partition coefficient (Wildman–Crippen LogP) is 1.64. The molecule has 1 aromatic carbocycles. The molecule has 0 saturated heterocycles. The van der Waals surface area contributed by atoms with E-state index < -0.39 is 0 Å². The molecular formula is C16H25N3O. The van der Waals surface area contributed by atoms with E-state index in [0.29, 0.717) is 6.54 Å². The summed E-state index contributed by atoms with van der Waals surface area (Å²) in [4.78, 5) is 16.0. The second-order valence-electron chi connectivity index (χ2n) is 5.30. The molecule has 4 heteroatoms. The van der Waals surface area contributed by atoms with Crippen molar-refractivity contribution in [3.8, 4) is 0 Å². The molecule has 1 aromatic rings. The lowest BCUT2D eigenvalue weighted by atomic mass is 10.1. The Morgan fingerprint density at radius 3 is 2.80 bits per heavy atom. The van der Waals surface area contributed by atoms with E-state index in [1.807, 2.05) is 18.7 Å². The third-order valence-corrected chi connectivity index (χ3v) is 3.99. The van der Waals surface area contributed by atoms with Crippen molar-refractivity contribution >= 4 is 11.6 Å². The highest BCUT2D eigenvalue weighted by Crippen LogP contribution is 2.27. The van der Waals surface area contributed by atoms with E-state index in [1.165, 1.54) is 16.8 Å². The van der Waals surface area contributed by atoms with Crippen molar-refractivity contribution in [2.45, 2.75) is 26.8 Å². The van der Waals surface area contributed by atoms with E-state index in [4.69, 9.17) is 0 Å². The number of carbonyl (C=O) groups excluding carboxylic acids is 1. The Bertz CT molecular complexity index is 469. The van der Waals surface area contributed by atoms with Crippen molar-refractivity contribution in [1.82, 2.24) is 10.2 Å². The van der Waals surface area contributed by atoms with Crippen LogP contribution in [0.2, 0.25) is 0 Å². The van der Waals surface area contributed by atoms with Gasteiger partial charge in [-0.2, -0.15) is 0 Å². The van der Waals surface area contributed by atoms with Gasteiger partial charge in [-0.3, -0.25) is 4.79 Å². The Morgan fingerprint density at radius 2 is 2.10 bits per heavy atom. The molecule has 0 unspecified atom stereocenters. The Labute approximate surface area is 121 Å². The number of hydrogen-bond donors (Lipinski definition) is 1. The predicted molar refractivity (Wildman–Crippen MR) is 83.1 cm³/mol. The summed E-state index contributed by atoms with van der Waals surface area (Å²) in [6, 6.07) is 6.59. The summed E-state index contributed by atoms with van der Waals surface area (Å²) in [5.74, 6) is 0.177. The fourth-order valence-corrected chi connectivity index (χ4v) is 2.73. The molecule has 0 saturated carbocycles. The van der Waals surface area contributed by atoms with E-state index in [1.54, 1.807) is 0 Å². The molecule has 1 aliphatic rings. The summed E-state index contributed by atoms with van der Waals surface area (Å²) in [6.07, 6.45) is 1.12. The normalized spacial score (nSPS) is 13.4. The van der Waals surface area contributed by atoms with Gasteiger partial charge in [0.05, 0.1) is 6.54 Å². The maximum atomic E-state index is 11.9. The number of hydrogen-bond acceptors (Lipinski definition) is 3. The summed E-state index contributed by atoms with van der Waals surface area (Å²) in [5, 5.41) is 3.25. The van der Waals surface area contributed by atoms with Gasteiger partial charge in [0.2, 0.25) is 5.91 Å². The molecule has 2 rings (SSSR count). The third kappa shape index (κ3) is 3.31. The molecule has 1 N–H and O–H groups in total. The Balaban J connectivity index is 1.85. The summed E-state index contributed by atoms with van der Waals surface area (Å²) in [7, 11) is 2.13. The van der Waals surface area contributed by atoms with Gasteiger partial charge in [0.25, 0.3) is 0 Å². The van der Waals surface area contributed by atoms with Gasteiger partial charge in [-0.25, -0.2) is 0 Å². The third-order valence-electron chi connectivity index (χ3n) is 3.99. The van der Waals surface area contributed by atoms with Crippen LogP contribution in [0.5, 0.6) is 0 Å². The second kappa shape index (κ2) is 6.75. The van der Waals surface area contributed by atoms with Crippen molar-refractivity contribution in [2.24, 2.45) is 0 Å². The van der Waals surface area contributed by atoms with Gasteiger partial charge in [-0.1, -0.05) is 12.1 Å². The molecule has 4 nitrogen and oxygen atoms in total. The number of carbonyl (C=O) groups is 1. The van der Waals surface area contributed by atoms with Crippen LogP contribution in [0.15, 0.2) is 18.2 Å². The second-order valence-corrected chi connectivity index (χ2v) is 5.30.